The van der Waals surface area contributed by atoms with Gasteiger partial charge in [-0.25, -0.2) is 0 Å². The molecular weight excluding hydrogens is 239 g/mol. The van der Waals surface area contributed by atoms with E-state index in [0.29, 0.717) is 0 Å². The van der Waals surface area contributed by atoms with Crippen molar-refractivity contribution >= 4 is 19.8 Å². The van der Waals surface area contributed by atoms with Gasteiger partial charge < -0.3 is 0 Å². The van der Waals surface area contributed by atoms with Crippen molar-refractivity contribution in [3.63, 3.8) is 0 Å². The summed E-state index contributed by atoms with van der Waals surface area (Å²) in [6, 6.07) is 0. The quantitative estimate of drug-likeness (QED) is 0.483. The van der Waals surface area contributed by atoms with Gasteiger partial charge in [0.1, 0.15) is 0 Å². The van der Waals surface area contributed by atoms with Crippen LogP contribution < -0.4 is 0 Å². The number of unbranched alkanes of at least 4 members (excludes halogenated alkanes) is 1. The van der Waals surface area contributed by atoms with E-state index in [2.05, 4.69) is 32.2 Å². The monoisotopic (exact) mass is 259 g/mol. The molecule has 0 bridgehead atoms. The maximum atomic E-state index is 3.81. The predicted octanol–water partition coefficient (Wildman–Crippen LogP) is 3.65. The van der Waals surface area contributed by atoms with Crippen molar-refractivity contribution in [2.45, 2.75) is 33.1 Å². The Morgan fingerprint density at radius 2 is 1.73 bits per heavy atom. The zero-order valence-corrected chi connectivity index (χ0v) is 10.5. The Hall–Kier alpha value is 0.279. The first-order chi connectivity index (χ1) is 5.35. The molecule has 0 saturated carbocycles. The van der Waals surface area contributed by atoms with Crippen molar-refractivity contribution in [3.05, 3.63) is 25.3 Å². The van der Waals surface area contributed by atoms with E-state index in [4.69, 9.17) is 0 Å². The van der Waals surface area contributed by atoms with Gasteiger partial charge in [0.2, 0.25) is 0 Å². The molecule has 0 aliphatic rings. The van der Waals surface area contributed by atoms with Crippen LogP contribution in [-0.2, 0) is 0 Å². The van der Waals surface area contributed by atoms with Crippen LogP contribution >= 0.6 is 0 Å². The second kappa shape index (κ2) is 8.38. The molecule has 0 N–H and O–H groups in total. The first-order valence-electron chi connectivity index (χ1n) is 4.40. The SMILES string of the molecule is C=C[CH2][Sn]([CH2]C=C)[CH2]CCC. The Kier molecular flexibility index (Phi) is 8.59. The summed E-state index contributed by atoms with van der Waals surface area (Å²) < 4.78 is 4.21. The summed E-state index contributed by atoms with van der Waals surface area (Å²) in [7, 11) is 0. The van der Waals surface area contributed by atoms with Gasteiger partial charge in [-0.15, -0.1) is 0 Å². The van der Waals surface area contributed by atoms with Gasteiger partial charge in [-0.2, -0.15) is 0 Å². The van der Waals surface area contributed by atoms with Crippen molar-refractivity contribution in [1.82, 2.24) is 0 Å². The van der Waals surface area contributed by atoms with Gasteiger partial charge in [-0.3, -0.25) is 0 Å². The predicted molar refractivity (Wildman–Crippen MR) is 55.5 cm³/mol. The van der Waals surface area contributed by atoms with Crippen LogP contribution in [0.15, 0.2) is 25.3 Å². The summed E-state index contributed by atoms with van der Waals surface area (Å²) in [6.45, 7) is 9.88. The molecule has 0 aromatic rings. The van der Waals surface area contributed by atoms with Crippen LogP contribution in [0.2, 0.25) is 13.3 Å². The van der Waals surface area contributed by atoms with Crippen LogP contribution in [0, 0.1) is 0 Å². The number of rotatable bonds is 7. The second-order valence-corrected chi connectivity index (χ2v) is 10.9. The molecule has 0 nitrogen and oxygen atoms in total. The van der Waals surface area contributed by atoms with E-state index in [0.717, 1.165) is 0 Å². The Morgan fingerprint density at radius 3 is 2.09 bits per heavy atom. The molecule has 0 amide bonds. The summed E-state index contributed by atoms with van der Waals surface area (Å²) >= 11 is -1.02. The molecule has 0 rings (SSSR count). The Morgan fingerprint density at radius 1 is 1.18 bits per heavy atom. The molecule has 0 spiro atoms. The average molecular weight is 258 g/mol. The summed E-state index contributed by atoms with van der Waals surface area (Å²) in [5.74, 6) is 0. The van der Waals surface area contributed by atoms with Crippen LogP contribution in [0.25, 0.3) is 0 Å². The zero-order valence-electron chi connectivity index (χ0n) is 7.60. The molecule has 0 aromatic heterocycles. The summed E-state index contributed by atoms with van der Waals surface area (Å²) in [5.41, 5.74) is 0. The molecule has 1 heteroatoms. The Balaban J connectivity index is 3.49. The number of hydrogen-bond acceptors (Lipinski definition) is 0. The van der Waals surface area contributed by atoms with Crippen molar-refractivity contribution in [2.24, 2.45) is 0 Å². The van der Waals surface area contributed by atoms with Crippen LogP contribution in [-0.4, -0.2) is 19.8 Å². The van der Waals surface area contributed by atoms with Crippen molar-refractivity contribution < 1.29 is 0 Å². The third-order valence-corrected chi connectivity index (χ3v) is 9.72. The molecule has 1 radical (unpaired) electrons. The number of allylic oxidation sites excluding steroid dienone is 2. The second-order valence-electron chi connectivity index (χ2n) is 2.84. The molecule has 0 aliphatic heterocycles. The Labute approximate surface area is 78.1 Å². The first kappa shape index (κ1) is 11.3. The van der Waals surface area contributed by atoms with Gasteiger partial charge in [0, 0.05) is 0 Å². The summed E-state index contributed by atoms with van der Waals surface area (Å²) in [5, 5.41) is 0. The molecule has 11 heavy (non-hydrogen) atoms. The van der Waals surface area contributed by atoms with Gasteiger partial charge in [-0.1, -0.05) is 0 Å². The maximum absolute atomic E-state index is 3.81. The van der Waals surface area contributed by atoms with Gasteiger partial charge >= 0.3 is 78.1 Å². The van der Waals surface area contributed by atoms with Gasteiger partial charge in [0.15, 0.2) is 0 Å². The topological polar surface area (TPSA) is 0 Å². The third-order valence-electron chi connectivity index (χ3n) is 1.75. The number of hydrogen-bond donors (Lipinski definition) is 0. The molecule has 0 unspecified atom stereocenters. The zero-order chi connectivity index (χ0) is 8.53. The molecule has 0 aliphatic carbocycles. The van der Waals surface area contributed by atoms with Gasteiger partial charge in [-0.05, 0) is 0 Å². The molecule has 0 heterocycles. The average Bonchev–Trinajstić information content (AvgIpc) is 2.01. The van der Waals surface area contributed by atoms with E-state index >= 15 is 0 Å². The standard InChI is InChI=1S/C4H9.2C3H5.Sn/c1-3-4-2;2*1-3-2;/h1,3-4H2,2H3;2*3H,1-2H2;. The van der Waals surface area contributed by atoms with E-state index in [1.54, 1.807) is 0 Å². The van der Waals surface area contributed by atoms with Crippen LogP contribution in [0.1, 0.15) is 19.8 Å². The molecule has 0 fully saturated rings. The molecule has 0 aromatic carbocycles. The van der Waals surface area contributed by atoms with E-state index in [1.165, 1.54) is 26.2 Å². The van der Waals surface area contributed by atoms with Crippen LogP contribution in [0.4, 0.5) is 0 Å². The fraction of sp³-hybridized carbons (Fsp3) is 0.600. The minimum absolute atomic E-state index is 1.02. The van der Waals surface area contributed by atoms with E-state index in [1.807, 2.05) is 0 Å². The first-order valence-corrected chi connectivity index (χ1v) is 10.5. The van der Waals surface area contributed by atoms with Crippen LogP contribution in [0.3, 0.4) is 0 Å². The Bertz CT molecular complexity index is 97.4. The van der Waals surface area contributed by atoms with Crippen molar-refractivity contribution in [1.29, 1.82) is 0 Å². The van der Waals surface area contributed by atoms with Crippen molar-refractivity contribution in [3.8, 4) is 0 Å². The van der Waals surface area contributed by atoms with Gasteiger partial charge in [0.05, 0.1) is 0 Å². The van der Waals surface area contributed by atoms with Gasteiger partial charge in [0.25, 0.3) is 0 Å². The fourth-order valence-corrected chi connectivity index (χ4v) is 7.53. The summed E-state index contributed by atoms with van der Waals surface area (Å²) in [4.78, 5) is 0. The molecule has 0 atom stereocenters. The summed E-state index contributed by atoms with van der Waals surface area (Å²) in [6.07, 6.45) is 6.98. The van der Waals surface area contributed by atoms with E-state index in [-0.39, 0.29) is 0 Å². The van der Waals surface area contributed by atoms with E-state index < -0.39 is 19.8 Å². The van der Waals surface area contributed by atoms with Crippen LogP contribution in [0.5, 0.6) is 0 Å². The molecule has 63 valence electrons. The minimum atomic E-state index is -1.02. The van der Waals surface area contributed by atoms with E-state index in [9.17, 15) is 0 Å². The molecular formula is C10H19Sn. The fourth-order valence-electron chi connectivity index (χ4n) is 1.12. The third kappa shape index (κ3) is 6.67. The molecule has 0 saturated heterocycles. The van der Waals surface area contributed by atoms with Crippen molar-refractivity contribution in [2.75, 3.05) is 0 Å². The normalized spacial score (nSPS) is 10.0.